The van der Waals surface area contributed by atoms with E-state index in [1.807, 2.05) is 19.3 Å². The average molecular weight is 221 g/mol. The fourth-order valence-corrected chi connectivity index (χ4v) is 2.53. The van der Waals surface area contributed by atoms with E-state index < -0.39 is 0 Å². The van der Waals surface area contributed by atoms with Crippen LogP contribution in [0.3, 0.4) is 0 Å². The monoisotopic (exact) mass is 221 g/mol. The standard InChI is InChI=1S/C11H15N3S/c1-8-10(5-7-12-2)15-11(14-8)9-4-3-6-13-9/h3-4,6,12-13H,5,7H2,1-2H3. The van der Waals surface area contributed by atoms with Crippen molar-refractivity contribution in [1.29, 1.82) is 0 Å². The fourth-order valence-electron chi connectivity index (χ4n) is 1.48. The molecular weight excluding hydrogens is 206 g/mol. The Morgan fingerprint density at radius 3 is 3.07 bits per heavy atom. The predicted molar refractivity (Wildman–Crippen MR) is 64.3 cm³/mol. The summed E-state index contributed by atoms with van der Waals surface area (Å²) >= 11 is 1.77. The van der Waals surface area contributed by atoms with Gasteiger partial charge in [-0.1, -0.05) is 0 Å². The second kappa shape index (κ2) is 4.59. The molecule has 0 aliphatic rings. The second-order valence-corrected chi connectivity index (χ2v) is 4.55. The van der Waals surface area contributed by atoms with E-state index in [9.17, 15) is 0 Å². The molecule has 0 spiro atoms. The van der Waals surface area contributed by atoms with Gasteiger partial charge in [0.1, 0.15) is 5.01 Å². The van der Waals surface area contributed by atoms with Crippen LogP contribution in [0.25, 0.3) is 10.7 Å². The van der Waals surface area contributed by atoms with Crippen LogP contribution in [0, 0.1) is 6.92 Å². The van der Waals surface area contributed by atoms with Crippen LogP contribution in [0.5, 0.6) is 0 Å². The van der Waals surface area contributed by atoms with Crippen LogP contribution in [0.4, 0.5) is 0 Å². The number of hydrogen-bond acceptors (Lipinski definition) is 3. The Labute approximate surface area is 93.6 Å². The van der Waals surface area contributed by atoms with Gasteiger partial charge in [-0.3, -0.25) is 0 Å². The molecule has 15 heavy (non-hydrogen) atoms. The summed E-state index contributed by atoms with van der Waals surface area (Å²) in [6.07, 6.45) is 2.99. The second-order valence-electron chi connectivity index (χ2n) is 3.46. The van der Waals surface area contributed by atoms with Gasteiger partial charge in [0.05, 0.1) is 11.4 Å². The molecule has 0 radical (unpaired) electrons. The Balaban J connectivity index is 2.21. The number of likely N-dealkylation sites (N-methyl/N-ethyl adjacent to an activating group) is 1. The van der Waals surface area contributed by atoms with Gasteiger partial charge in [-0.05, 0) is 39.1 Å². The maximum absolute atomic E-state index is 4.57. The zero-order chi connectivity index (χ0) is 10.7. The van der Waals surface area contributed by atoms with Crippen LogP contribution >= 0.6 is 11.3 Å². The quantitative estimate of drug-likeness (QED) is 0.831. The molecule has 0 aliphatic carbocycles. The minimum absolute atomic E-state index is 1.01. The smallest absolute Gasteiger partial charge is 0.140 e. The summed E-state index contributed by atoms with van der Waals surface area (Å²) in [6.45, 7) is 3.08. The largest absolute Gasteiger partial charge is 0.359 e. The number of nitrogens with zero attached hydrogens (tertiary/aromatic N) is 1. The number of aryl methyl sites for hydroxylation is 1. The Kier molecular flexibility index (Phi) is 3.18. The van der Waals surface area contributed by atoms with Crippen molar-refractivity contribution in [3.05, 3.63) is 28.9 Å². The summed E-state index contributed by atoms with van der Waals surface area (Å²) in [5.74, 6) is 0. The zero-order valence-corrected chi connectivity index (χ0v) is 9.82. The SMILES string of the molecule is CNCCc1sc(-c2ccc[nH]2)nc1C. The molecule has 0 saturated carbocycles. The molecule has 0 aliphatic heterocycles. The van der Waals surface area contributed by atoms with Gasteiger partial charge in [-0.15, -0.1) is 11.3 Å². The first-order valence-corrected chi connectivity index (χ1v) is 5.87. The predicted octanol–water partition coefficient (Wildman–Crippen LogP) is 2.21. The molecule has 0 amide bonds. The highest BCUT2D eigenvalue weighted by atomic mass is 32.1. The Bertz CT molecular complexity index is 417. The van der Waals surface area contributed by atoms with Crippen molar-refractivity contribution in [3.63, 3.8) is 0 Å². The van der Waals surface area contributed by atoms with Crippen LogP contribution in [-0.4, -0.2) is 23.6 Å². The van der Waals surface area contributed by atoms with Crippen molar-refractivity contribution >= 4 is 11.3 Å². The van der Waals surface area contributed by atoms with Crippen LogP contribution in [-0.2, 0) is 6.42 Å². The van der Waals surface area contributed by atoms with Gasteiger partial charge in [-0.25, -0.2) is 4.98 Å². The maximum Gasteiger partial charge on any atom is 0.140 e. The molecule has 3 nitrogen and oxygen atoms in total. The van der Waals surface area contributed by atoms with E-state index in [1.54, 1.807) is 11.3 Å². The highest BCUT2D eigenvalue weighted by molar-refractivity contribution is 7.15. The van der Waals surface area contributed by atoms with Crippen molar-refractivity contribution < 1.29 is 0 Å². The summed E-state index contributed by atoms with van der Waals surface area (Å²) in [7, 11) is 1.97. The van der Waals surface area contributed by atoms with E-state index in [-0.39, 0.29) is 0 Å². The molecule has 0 bridgehead atoms. The molecule has 2 heterocycles. The van der Waals surface area contributed by atoms with Crippen molar-refractivity contribution in [3.8, 4) is 10.7 Å². The van der Waals surface area contributed by atoms with E-state index in [2.05, 4.69) is 28.3 Å². The van der Waals surface area contributed by atoms with Crippen LogP contribution < -0.4 is 5.32 Å². The van der Waals surface area contributed by atoms with Gasteiger partial charge in [0.25, 0.3) is 0 Å². The molecule has 0 aromatic carbocycles. The topological polar surface area (TPSA) is 40.7 Å². The van der Waals surface area contributed by atoms with Gasteiger partial charge in [0.2, 0.25) is 0 Å². The summed E-state index contributed by atoms with van der Waals surface area (Å²) in [5, 5.41) is 4.25. The highest BCUT2D eigenvalue weighted by Crippen LogP contribution is 2.26. The lowest BCUT2D eigenvalue weighted by Crippen LogP contribution is -2.09. The first-order valence-electron chi connectivity index (χ1n) is 5.06. The molecule has 80 valence electrons. The van der Waals surface area contributed by atoms with E-state index in [0.717, 1.165) is 29.4 Å². The molecule has 4 heteroatoms. The Morgan fingerprint density at radius 1 is 1.53 bits per heavy atom. The molecule has 2 aromatic heterocycles. The number of hydrogen-bond donors (Lipinski definition) is 2. The highest BCUT2D eigenvalue weighted by Gasteiger charge is 2.08. The number of thiazole rings is 1. The molecule has 0 saturated heterocycles. The van der Waals surface area contributed by atoms with Crippen LogP contribution in [0.1, 0.15) is 10.6 Å². The molecule has 2 aromatic rings. The Morgan fingerprint density at radius 2 is 2.40 bits per heavy atom. The number of aromatic nitrogens is 2. The third kappa shape index (κ3) is 2.27. The fraction of sp³-hybridized carbons (Fsp3) is 0.364. The maximum atomic E-state index is 4.57. The number of aromatic amines is 1. The third-order valence-corrected chi connectivity index (χ3v) is 3.57. The van der Waals surface area contributed by atoms with Crippen molar-refractivity contribution in [2.24, 2.45) is 0 Å². The first-order chi connectivity index (χ1) is 7.31. The lowest BCUT2D eigenvalue weighted by Gasteiger charge is -1.95. The number of nitrogens with one attached hydrogen (secondary N) is 2. The molecule has 0 unspecified atom stereocenters. The number of rotatable bonds is 4. The van der Waals surface area contributed by atoms with E-state index >= 15 is 0 Å². The number of H-pyrrole nitrogens is 1. The van der Waals surface area contributed by atoms with E-state index in [0.29, 0.717) is 0 Å². The molecule has 0 atom stereocenters. The van der Waals surface area contributed by atoms with Gasteiger partial charge < -0.3 is 10.3 Å². The zero-order valence-electron chi connectivity index (χ0n) is 9.00. The van der Waals surface area contributed by atoms with E-state index in [1.165, 1.54) is 4.88 Å². The van der Waals surface area contributed by atoms with Crippen molar-refractivity contribution in [2.45, 2.75) is 13.3 Å². The van der Waals surface area contributed by atoms with Crippen LogP contribution in [0.2, 0.25) is 0 Å². The van der Waals surface area contributed by atoms with E-state index in [4.69, 9.17) is 0 Å². The van der Waals surface area contributed by atoms with Gasteiger partial charge in [0.15, 0.2) is 0 Å². The van der Waals surface area contributed by atoms with Crippen molar-refractivity contribution in [2.75, 3.05) is 13.6 Å². The van der Waals surface area contributed by atoms with Gasteiger partial charge in [0, 0.05) is 11.1 Å². The summed E-state index contributed by atoms with van der Waals surface area (Å²) in [4.78, 5) is 9.12. The van der Waals surface area contributed by atoms with Gasteiger partial charge in [-0.2, -0.15) is 0 Å². The molecule has 2 rings (SSSR count). The lowest BCUT2D eigenvalue weighted by molar-refractivity contribution is 0.795. The lowest BCUT2D eigenvalue weighted by atomic mass is 10.3. The summed E-state index contributed by atoms with van der Waals surface area (Å²) in [6, 6.07) is 4.06. The van der Waals surface area contributed by atoms with Crippen molar-refractivity contribution in [1.82, 2.24) is 15.3 Å². The molecule has 2 N–H and O–H groups in total. The summed E-state index contributed by atoms with van der Waals surface area (Å²) < 4.78 is 0. The minimum atomic E-state index is 1.01. The third-order valence-electron chi connectivity index (χ3n) is 2.32. The normalized spacial score (nSPS) is 10.8. The Hall–Kier alpha value is -1.13. The first kappa shape index (κ1) is 10.4. The van der Waals surface area contributed by atoms with Gasteiger partial charge >= 0.3 is 0 Å². The van der Waals surface area contributed by atoms with Crippen LogP contribution in [0.15, 0.2) is 18.3 Å². The molecular formula is C11H15N3S. The average Bonchev–Trinajstić information content (AvgIpc) is 2.83. The minimum Gasteiger partial charge on any atom is -0.359 e. The summed E-state index contributed by atoms with van der Waals surface area (Å²) in [5.41, 5.74) is 2.26. The molecule has 0 fully saturated rings.